The molecular weight excluding hydrogens is 172 g/mol. The molecule has 0 amide bonds. The summed E-state index contributed by atoms with van der Waals surface area (Å²) in [5.74, 6) is -0.607. The van der Waals surface area contributed by atoms with Gasteiger partial charge >= 0.3 is 5.97 Å². The molecule has 0 aliphatic heterocycles. The van der Waals surface area contributed by atoms with E-state index in [-0.39, 0.29) is 12.5 Å². The van der Waals surface area contributed by atoms with Crippen LogP contribution in [0.4, 0.5) is 0 Å². The van der Waals surface area contributed by atoms with Crippen molar-refractivity contribution < 1.29 is 19.7 Å². The first-order valence-electron chi connectivity index (χ1n) is 4.57. The normalized spacial score (nSPS) is 13.0. The largest absolute Gasteiger partial charge is 0.436 e. The van der Waals surface area contributed by atoms with Crippen LogP contribution < -0.4 is 0 Å². The summed E-state index contributed by atoms with van der Waals surface area (Å²) >= 11 is 0. The Morgan fingerprint density at radius 2 is 2.00 bits per heavy atom. The van der Waals surface area contributed by atoms with E-state index in [9.17, 15) is 9.90 Å². The average molecular weight is 190 g/mol. The minimum Gasteiger partial charge on any atom is -0.436 e. The third kappa shape index (κ3) is 6.54. The van der Waals surface area contributed by atoms with E-state index in [1.165, 1.54) is 0 Å². The van der Waals surface area contributed by atoms with Gasteiger partial charge in [-0.1, -0.05) is 13.8 Å². The zero-order valence-corrected chi connectivity index (χ0v) is 8.19. The van der Waals surface area contributed by atoms with Crippen LogP contribution in [-0.4, -0.2) is 29.1 Å². The van der Waals surface area contributed by atoms with Gasteiger partial charge in [-0.05, 0) is 12.8 Å². The maximum Gasteiger partial charge on any atom is 0.310 e. The van der Waals surface area contributed by atoms with E-state index in [4.69, 9.17) is 9.84 Å². The van der Waals surface area contributed by atoms with Crippen LogP contribution >= 0.6 is 0 Å². The van der Waals surface area contributed by atoms with Gasteiger partial charge in [-0.25, -0.2) is 0 Å². The summed E-state index contributed by atoms with van der Waals surface area (Å²) < 4.78 is 4.69. The monoisotopic (exact) mass is 190 g/mol. The van der Waals surface area contributed by atoms with E-state index in [1.807, 2.05) is 0 Å². The molecule has 1 atom stereocenters. The Hall–Kier alpha value is -0.610. The number of rotatable bonds is 6. The van der Waals surface area contributed by atoms with Crippen molar-refractivity contribution in [2.45, 2.75) is 39.4 Å². The van der Waals surface area contributed by atoms with Crippen LogP contribution in [0.3, 0.4) is 0 Å². The van der Waals surface area contributed by atoms with E-state index in [1.54, 1.807) is 13.8 Å². The van der Waals surface area contributed by atoms with E-state index >= 15 is 0 Å². The second-order valence-corrected chi connectivity index (χ2v) is 3.27. The summed E-state index contributed by atoms with van der Waals surface area (Å²) in [4.78, 5) is 11.0. The molecule has 0 aliphatic carbocycles. The van der Waals surface area contributed by atoms with E-state index in [0.29, 0.717) is 19.3 Å². The zero-order valence-electron chi connectivity index (χ0n) is 8.19. The summed E-state index contributed by atoms with van der Waals surface area (Å²) in [7, 11) is 0. The lowest BCUT2D eigenvalue weighted by molar-refractivity contribution is -0.172. The van der Waals surface area contributed by atoms with Gasteiger partial charge in [0.1, 0.15) is 0 Å². The fourth-order valence-corrected chi connectivity index (χ4v) is 0.760. The van der Waals surface area contributed by atoms with Crippen LogP contribution in [0.5, 0.6) is 0 Å². The number of carbonyl (C=O) groups excluding carboxylic acids is 1. The maximum atomic E-state index is 11.0. The predicted octanol–water partition coefficient (Wildman–Crippen LogP) is 0.667. The molecular formula is C9H18O4. The fraction of sp³-hybridized carbons (Fsp3) is 0.889. The Morgan fingerprint density at radius 3 is 2.46 bits per heavy atom. The lowest BCUT2D eigenvalue weighted by Crippen LogP contribution is -2.21. The van der Waals surface area contributed by atoms with Gasteiger partial charge in [-0.15, -0.1) is 0 Å². The smallest absolute Gasteiger partial charge is 0.310 e. The topological polar surface area (TPSA) is 66.8 Å². The number of ether oxygens (including phenoxy) is 1. The third-order valence-corrected chi connectivity index (χ3v) is 1.58. The predicted molar refractivity (Wildman–Crippen MR) is 47.9 cm³/mol. The van der Waals surface area contributed by atoms with Crippen molar-refractivity contribution >= 4 is 5.97 Å². The molecule has 0 spiro atoms. The third-order valence-electron chi connectivity index (χ3n) is 1.58. The summed E-state index contributed by atoms with van der Waals surface area (Å²) in [6.45, 7) is 3.52. The highest BCUT2D eigenvalue weighted by Gasteiger charge is 2.13. The van der Waals surface area contributed by atoms with Gasteiger partial charge in [0.2, 0.25) is 6.29 Å². The van der Waals surface area contributed by atoms with Crippen molar-refractivity contribution in [3.63, 3.8) is 0 Å². The highest BCUT2D eigenvalue weighted by Crippen LogP contribution is 2.05. The first-order valence-corrected chi connectivity index (χ1v) is 4.57. The minimum absolute atomic E-state index is 0.102. The second-order valence-electron chi connectivity index (χ2n) is 3.27. The number of unbranched alkanes of at least 4 members (excludes halogenated alkanes) is 1. The van der Waals surface area contributed by atoms with Crippen molar-refractivity contribution in [2.75, 3.05) is 6.61 Å². The summed E-state index contributed by atoms with van der Waals surface area (Å²) in [6.07, 6.45) is 0.639. The van der Waals surface area contributed by atoms with Crippen molar-refractivity contribution in [3.05, 3.63) is 0 Å². The zero-order chi connectivity index (χ0) is 10.3. The molecule has 0 rings (SSSR count). The maximum absolute atomic E-state index is 11.0. The Kier molecular flexibility index (Phi) is 6.54. The Labute approximate surface area is 78.5 Å². The molecule has 2 N–H and O–H groups in total. The number of aliphatic hydroxyl groups is 2. The van der Waals surface area contributed by atoms with E-state index < -0.39 is 12.3 Å². The molecule has 0 aromatic heterocycles. The Balaban J connectivity index is 3.50. The van der Waals surface area contributed by atoms with Gasteiger partial charge in [0.15, 0.2) is 0 Å². The molecule has 1 unspecified atom stereocenters. The molecule has 0 aromatic rings. The van der Waals surface area contributed by atoms with Gasteiger partial charge in [-0.3, -0.25) is 4.79 Å². The van der Waals surface area contributed by atoms with Gasteiger partial charge in [-0.2, -0.15) is 0 Å². The molecule has 0 saturated carbocycles. The highest BCUT2D eigenvalue weighted by molar-refractivity contribution is 5.71. The molecule has 0 aliphatic rings. The molecule has 13 heavy (non-hydrogen) atoms. The van der Waals surface area contributed by atoms with E-state index in [2.05, 4.69) is 0 Å². The molecule has 0 aromatic carbocycles. The van der Waals surface area contributed by atoms with E-state index in [0.717, 1.165) is 0 Å². The molecule has 0 bridgehead atoms. The standard InChI is InChI=1S/C9H18O4/c1-7(2)9(12)13-8(11)5-3-4-6-10/h7-8,10-11H,3-6H2,1-2H3. The number of carbonyl (C=O) groups is 1. The van der Waals surface area contributed by atoms with Crippen LogP contribution in [-0.2, 0) is 9.53 Å². The van der Waals surface area contributed by atoms with Crippen molar-refractivity contribution in [1.29, 1.82) is 0 Å². The highest BCUT2D eigenvalue weighted by atomic mass is 16.6. The number of esters is 1. The molecule has 0 fully saturated rings. The number of aliphatic hydroxyl groups excluding tert-OH is 2. The van der Waals surface area contributed by atoms with Crippen LogP contribution in [0.1, 0.15) is 33.1 Å². The fourth-order valence-electron chi connectivity index (χ4n) is 0.760. The van der Waals surface area contributed by atoms with Crippen molar-refractivity contribution in [1.82, 2.24) is 0 Å². The van der Waals surface area contributed by atoms with Gasteiger partial charge < -0.3 is 14.9 Å². The van der Waals surface area contributed by atoms with Crippen LogP contribution in [0, 0.1) is 5.92 Å². The summed E-state index contributed by atoms with van der Waals surface area (Å²) in [5.41, 5.74) is 0. The summed E-state index contributed by atoms with van der Waals surface area (Å²) in [6, 6.07) is 0. The van der Waals surface area contributed by atoms with Gasteiger partial charge in [0, 0.05) is 13.0 Å². The SMILES string of the molecule is CC(C)C(=O)OC(O)CCCCO. The lowest BCUT2D eigenvalue weighted by atomic mass is 10.2. The lowest BCUT2D eigenvalue weighted by Gasteiger charge is -2.12. The number of hydrogen-bond acceptors (Lipinski definition) is 4. The van der Waals surface area contributed by atoms with Crippen LogP contribution in [0.25, 0.3) is 0 Å². The van der Waals surface area contributed by atoms with Crippen LogP contribution in [0.15, 0.2) is 0 Å². The van der Waals surface area contributed by atoms with Crippen LogP contribution in [0.2, 0.25) is 0 Å². The van der Waals surface area contributed by atoms with Gasteiger partial charge in [0.25, 0.3) is 0 Å². The Morgan fingerprint density at radius 1 is 1.38 bits per heavy atom. The van der Waals surface area contributed by atoms with Gasteiger partial charge in [0.05, 0.1) is 5.92 Å². The quantitative estimate of drug-likeness (QED) is 0.367. The first-order chi connectivity index (χ1) is 6.07. The number of hydrogen-bond donors (Lipinski definition) is 2. The van der Waals surface area contributed by atoms with Crippen molar-refractivity contribution in [2.24, 2.45) is 5.92 Å². The van der Waals surface area contributed by atoms with Crippen molar-refractivity contribution in [3.8, 4) is 0 Å². The molecule has 78 valence electrons. The minimum atomic E-state index is -1.03. The molecule has 4 nitrogen and oxygen atoms in total. The second kappa shape index (κ2) is 6.86. The summed E-state index contributed by atoms with van der Waals surface area (Å²) in [5, 5.41) is 17.6. The molecule has 4 heteroatoms. The molecule has 0 heterocycles. The molecule has 0 radical (unpaired) electrons. The molecule has 0 saturated heterocycles. The Bertz CT molecular complexity index is 145. The average Bonchev–Trinajstić information content (AvgIpc) is 2.04. The first kappa shape index (κ1) is 12.4.